The molecule has 0 atom stereocenters. The van der Waals surface area contributed by atoms with E-state index in [4.69, 9.17) is 4.42 Å². The normalized spacial score (nSPS) is 10.7. The van der Waals surface area contributed by atoms with Crippen LogP contribution in [0.25, 0.3) is 11.3 Å². The zero-order chi connectivity index (χ0) is 18.5. The highest BCUT2D eigenvalue weighted by molar-refractivity contribution is 9.10. The van der Waals surface area contributed by atoms with E-state index < -0.39 is 0 Å². The molecule has 0 aliphatic heterocycles. The van der Waals surface area contributed by atoms with Gasteiger partial charge in [-0.15, -0.1) is 0 Å². The molecule has 0 bridgehead atoms. The fourth-order valence-corrected chi connectivity index (χ4v) is 3.19. The van der Waals surface area contributed by atoms with Gasteiger partial charge in [-0.05, 0) is 48.7 Å². The summed E-state index contributed by atoms with van der Waals surface area (Å²) >= 11 is 3.43. The zero-order valence-corrected chi connectivity index (χ0v) is 16.6. The predicted molar refractivity (Wildman–Crippen MR) is 109 cm³/mol. The molecule has 0 unspecified atom stereocenters. The highest BCUT2D eigenvalue weighted by atomic mass is 79.9. The lowest BCUT2D eigenvalue weighted by Gasteiger charge is -2.12. The zero-order valence-electron chi connectivity index (χ0n) is 15.0. The molecule has 26 heavy (non-hydrogen) atoms. The van der Waals surface area contributed by atoms with Gasteiger partial charge in [0.1, 0.15) is 11.5 Å². The van der Waals surface area contributed by atoms with Gasteiger partial charge in [0.25, 0.3) is 0 Å². The van der Waals surface area contributed by atoms with Crippen molar-refractivity contribution in [3.05, 3.63) is 76.0 Å². The number of halogens is 1. The summed E-state index contributed by atoms with van der Waals surface area (Å²) in [4.78, 5) is 12.4. The summed E-state index contributed by atoms with van der Waals surface area (Å²) < 4.78 is 6.92. The molecule has 0 aliphatic rings. The Balaban J connectivity index is 1.61. The minimum atomic E-state index is 0.00981. The van der Waals surface area contributed by atoms with E-state index in [1.165, 1.54) is 0 Å². The number of hydrogen-bond donors (Lipinski definition) is 1. The molecule has 3 aromatic rings. The summed E-state index contributed by atoms with van der Waals surface area (Å²) in [6.07, 6.45) is 1.87. The van der Waals surface area contributed by atoms with E-state index in [2.05, 4.69) is 34.2 Å². The van der Waals surface area contributed by atoms with Crippen molar-refractivity contribution < 1.29 is 9.21 Å². The minimum Gasteiger partial charge on any atom is -0.461 e. The van der Waals surface area contributed by atoms with Crippen LogP contribution in [-0.4, -0.2) is 5.91 Å². The van der Waals surface area contributed by atoms with Gasteiger partial charge in [0.05, 0.1) is 0 Å². The maximum atomic E-state index is 12.4. The molecule has 134 valence electrons. The van der Waals surface area contributed by atoms with Gasteiger partial charge >= 0.3 is 0 Å². The molecule has 0 saturated heterocycles. The smallest absolute Gasteiger partial charge is 0.224 e. The average molecular weight is 412 g/mol. The lowest BCUT2D eigenvalue weighted by molar-refractivity contribution is -0.116. The van der Waals surface area contributed by atoms with Crippen molar-refractivity contribution in [2.45, 2.75) is 33.1 Å². The first-order valence-electron chi connectivity index (χ1n) is 8.80. The Morgan fingerprint density at radius 2 is 1.85 bits per heavy atom. The summed E-state index contributed by atoms with van der Waals surface area (Å²) in [6.45, 7) is 4.11. The van der Waals surface area contributed by atoms with Crippen LogP contribution in [0.2, 0.25) is 0 Å². The van der Waals surface area contributed by atoms with Crippen LogP contribution in [0, 0.1) is 6.92 Å². The van der Waals surface area contributed by atoms with Crippen molar-refractivity contribution in [2.24, 2.45) is 0 Å². The van der Waals surface area contributed by atoms with Gasteiger partial charge in [-0.2, -0.15) is 0 Å². The summed E-state index contributed by atoms with van der Waals surface area (Å²) in [7, 11) is 0. The van der Waals surface area contributed by atoms with Crippen molar-refractivity contribution >= 4 is 27.5 Å². The first-order valence-corrected chi connectivity index (χ1v) is 9.59. The van der Waals surface area contributed by atoms with Gasteiger partial charge in [0, 0.05) is 28.6 Å². The second kappa shape index (κ2) is 8.37. The molecule has 2 aromatic carbocycles. The molecule has 1 heterocycles. The van der Waals surface area contributed by atoms with Crippen LogP contribution < -0.4 is 5.32 Å². The number of aryl methyl sites for hydroxylation is 3. The van der Waals surface area contributed by atoms with Crippen LogP contribution in [0.1, 0.15) is 30.2 Å². The van der Waals surface area contributed by atoms with E-state index >= 15 is 0 Å². The number of carbonyl (C=O) groups is 1. The molecule has 0 fully saturated rings. The number of rotatable bonds is 6. The van der Waals surface area contributed by atoms with E-state index in [0.29, 0.717) is 12.8 Å². The van der Waals surface area contributed by atoms with Gasteiger partial charge < -0.3 is 9.73 Å². The van der Waals surface area contributed by atoms with Gasteiger partial charge in [-0.3, -0.25) is 4.79 Å². The van der Waals surface area contributed by atoms with Gasteiger partial charge in [0.2, 0.25) is 5.91 Å². The molecular weight excluding hydrogens is 390 g/mol. The molecule has 1 amide bonds. The lowest BCUT2D eigenvalue weighted by atomic mass is 10.1. The third kappa shape index (κ3) is 4.44. The standard InChI is InChI=1S/C22H22BrNO2/c1-3-16-6-4-5-15(2)22(16)24-21(25)14-12-19-11-13-20(26-19)17-7-9-18(23)10-8-17/h4-11,13H,3,12,14H2,1-2H3,(H,24,25). The number of amides is 1. The predicted octanol–water partition coefficient (Wildman–Crippen LogP) is 6.15. The van der Waals surface area contributed by atoms with Gasteiger partial charge in [-0.1, -0.05) is 53.2 Å². The molecule has 3 nitrogen and oxygen atoms in total. The Morgan fingerprint density at radius 3 is 2.58 bits per heavy atom. The first kappa shape index (κ1) is 18.5. The fourth-order valence-electron chi connectivity index (χ4n) is 2.92. The Labute approximate surface area is 162 Å². The molecular formula is C22H22BrNO2. The highest BCUT2D eigenvalue weighted by Crippen LogP contribution is 2.25. The number of para-hydroxylation sites is 1. The maximum Gasteiger partial charge on any atom is 0.224 e. The monoisotopic (exact) mass is 411 g/mol. The van der Waals surface area contributed by atoms with Crippen LogP contribution in [0.3, 0.4) is 0 Å². The van der Waals surface area contributed by atoms with Crippen molar-refractivity contribution in [3.8, 4) is 11.3 Å². The van der Waals surface area contributed by atoms with E-state index in [1.54, 1.807) is 0 Å². The minimum absolute atomic E-state index is 0.00981. The number of nitrogens with one attached hydrogen (secondary N) is 1. The number of carbonyl (C=O) groups excluding carboxylic acids is 1. The number of benzene rings is 2. The summed E-state index contributed by atoms with van der Waals surface area (Å²) in [5, 5.41) is 3.06. The second-order valence-electron chi connectivity index (χ2n) is 6.28. The SMILES string of the molecule is CCc1cccc(C)c1NC(=O)CCc1ccc(-c2ccc(Br)cc2)o1. The maximum absolute atomic E-state index is 12.4. The Kier molecular flexibility index (Phi) is 5.94. The van der Waals surface area contributed by atoms with Crippen molar-refractivity contribution in [1.29, 1.82) is 0 Å². The molecule has 1 aromatic heterocycles. The molecule has 0 radical (unpaired) electrons. The highest BCUT2D eigenvalue weighted by Gasteiger charge is 2.11. The van der Waals surface area contributed by atoms with E-state index in [-0.39, 0.29) is 5.91 Å². The van der Waals surface area contributed by atoms with Crippen molar-refractivity contribution in [2.75, 3.05) is 5.32 Å². The van der Waals surface area contributed by atoms with Crippen molar-refractivity contribution in [1.82, 2.24) is 0 Å². The third-order valence-corrected chi connectivity index (χ3v) is 4.92. The second-order valence-corrected chi connectivity index (χ2v) is 7.20. The van der Waals surface area contributed by atoms with E-state index in [1.807, 2.05) is 55.5 Å². The molecule has 0 spiro atoms. The third-order valence-electron chi connectivity index (χ3n) is 4.39. The quantitative estimate of drug-likeness (QED) is 0.528. The van der Waals surface area contributed by atoms with E-state index in [9.17, 15) is 4.79 Å². The molecule has 0 saturated carbocycles. The lowest BCUT2D eigenvalue weighted by Crippen LogP contribution is -2.14. The summed E-state index contributed by atoms with van der Waals surface area (Å²) in [6, 6.07) is 18.0. The number of anilines is 1. The topological polar surface area (TPSA) is 42.2 Å². The number of hydrogen-bond acceptors (Lipinski definition) is 2. The first-order chi connectivity index (χ1) is 12.6. The Hall–Kier alpha value is -2.33. The van der Waals surface area contributed by atoms with E-state index in [0.717, 1.165) is 44.8 Å². The van der Waals surface area contributed by atoms with Crippen LogP contribution in [0.15, 0.2) is 63.5 Å². The Bertz CT molecular complexity index is 897. The molecule has 1 N–H and O–H groups in total. The average Bonchev–Trinajstić information content (AvgIpc) is 3.11. The van der Waals surface area contributed by atoms with Gasteiger partial charge in [-0.25, -0.2) is 0 Å². The fraction of sp³-hybridized carbons (Fsp3) is 0.227. The van der Waals surface area contributed by atoms with Crippen LogP contribution >= 0.6 is 15.9 Å². The van der Waals surface area contributed by atoms with Gasteiger partial charge in [0.15, 0.2) is 0 Å². The Morgan fingerprint density at radius 1 is 1.08 bits per heavy atom. The number of furan rings is 1. The molecule has 3 rings (SSSR count). The largest absolute Gasteiger partial charge is 0.461 e. The van der Waals surface area contributed by atoms with Crippen LogP contribution in [0.5, 0.6) is 0 Å². The van der Waals surface area contributed by atoms with Crippen molar-refractivity contribution in [3.63, 3.8) is 0 Å². The summed E-state index contributed by atoms with van der Waals surface area (Å²) in [5.74, 6) is 1.65. The van der Waals surface area contributed by atoms with Crippen LogP contribution in [-0.2, 0) is 17.6 Å². The summed E-state index contributed by atoms with van der Waals surface area (Å²) in [5.41, 5.74) is 4.22. The molecule has 0 aliphatic carbocycles. The molecule has 4 heteroatoms. The van der Waals surface area contributed by atoms with Crippen LogP contribution in [0.4, 0.5) is 5.69 Å².